The zero-order valence-corrected chi connectivity index (χ0v) is 10.1. The number of benzene rings is 1. The number of hydrogen-bond acceptors (Lipinski definition) is 3. The monoisotopic (exact) mass is 228 g/mol. The van der Waals surface area contributed by atoms with Gasteiger partial charge in [-0.15, -0.1) is 0 Å². The molecule has 1 aromatic rings. The minimum absolute atomic E-state index is 0.630. The molecule has 0 heterocycles. The van der Waals surface area contributed by atoms with Gasteiger partial charge in [0.1, 0.15) is 12.4 Å². The predicted octanol–water partition coefficient (Wildman–Crippen LogP) is 2.17. The maximum Gasteiger partial charge on any atom is 0.125 e. The number of rotatable bonds is 4. The summed E-state index contributed by atoms with van der Waals surface area (Å²) in [6, 6.07) is 3.53. The first kappa shape index (κ1) is 12.1. The number of ether oxygens (including phenoxy) is 1. The van der Waals surface area contributed by atoms with E-state index in [0.717, 1.165) is 17.9 Å². The summed E-state index contributed by atoms with van der Waals surface area (Å²) in [5.41, 5.74) is 7.25. The van der Waals surface area contributed by atoms with Crippen LogP contribution >= 0.6 is 11.6 Å². The van der Waals surface area contributed by atoms with Gasteiger partial charge in [0.2, 0.25) is 0 Å². The molecule has 2 N–H and O–H groups in total. The second-order valence-electron chi connectivity index (χ2n) is 3.78. The Morgan fingerprint density at radius 2 is 2.07 bits per heavy atom. The van der Waals surface area contributed by atoms with Crippen LogP contribution in [0.3, 0.4) is 0 Å². The van der Waals surface area contributed by atoms with Crippen molar-refractivity contribution in [2.45, 2.75) is 6.92 Å². The van der Waals surface area contributed by atoms with Gasteiger partial charge in [-0.1, -0.05) is 11.6 Å². The highest BCUT2D eigenvalue weighted by Crippen LogP contribution is 2.28. The standard InChI is InChI=1S/C11H17ClN2O/c1-8-10(12)6-9(13)7-11(8)15-5-4-14(2)3/h6-7H,4-5,13H2,1-3H3. The van der Waals surface area contributed by atoms with E-state index in [1.54, 1.807) is 12.1 Å². The van der Waals surface area contributed by atoms with Crippen molar-refractivity contribution >= 4 is 17.3 Å². The molecule has 0 aliphatic rings. The van der Waals surface area contributed by atoms with Crippen LogP contribution in [0.4, 0.5) is 5.69 Å². The Kier molecular flexibility index (Phi) is 4.24. The normalized spacial score (nSPS) is 10.7. The molecule has 0 unspecified atom stereocenters. The number of anilines is 1. The van der Waals surface area contributed by atoms with Crippen LogP contribution in [0.5, 0.6) is 5.75 Å². The van der Waals surface area contributed by atoms with Crippen molar-refractivity contribution in [2.24, 2.45) is 0 Å². The van der Waals surface area contributed by atoms with Crippen molar-refractivity contribution in [2.75, 3.05) is 33.0 Å². The molecule has 0 aliphatic carbocycles. The lowest BCUT2D eigenvalue weighted by Crippen LogP contribution is -2.19. The van der Waals surface area contributed by atoms with E-state index in [2.05, 4.69) is 4.90 Å². The lowest BCUT2D eigenvalue weighted by atomic mass is 10.2. The minimum Gasteiger partial charge on any atom is -0.492 e. The number of halogens is 1. The van der Waals surface area contributed by atoms with E-state index in [0.29, 0.717) is 17.3 Å². The number of hydrogen-bond donors (Lipinski definition) is 1. The van der Waals surface area contributed by atoms with Crippen LogP contribution in [0.2, 0.25) is 5.02 Å². The van der Waals surface area contributed by atoms with Gasteiger partial charge >= 0.3 is 0 Å². The first-order valence-electron chi connectivity index (χ1n) is 4.84. The molecular formula is C11H17ClN2O. The molecule has 3 nitrogen and oxygen atoms in total. The van der Waals surface area contributed by atoms with Crippen LogP contribution in [0.25, 0.3) is 0 Å². The largest absolute Gasteiger partial charge is 0.492 e. The van der Waals surface area contributed by atoms with Crippen LogP contribution < -0.4 is 10.5 Å². The molecule has 0 bridgehead atoms. The summed E-state index contributed by atoms with van der Waals surface area (Å²) in [5, 5.41) is 0.648. The second kappa shape index (κ2) is 5.24. The zero-order chi connectivity index (χ0) is 11.4. The summed E-state index contributed by atoms with van der Waals surface area (Å²) < 4.78 is 5.60. The summed E-state index contributed by atoms with van der Waals surface area (Å²) >= 11 is 5.99. The second-order valence-corrected chi connectivity index (χ2v) is 4.18. The number of likely N-dealkylation sites (N-methyl/N-ethyl adjacent to an activating group) is 1. The fourth-order valence-electron chi connectivity index (χ4n) is 1.16. The molecule has 0 aliphatic heterocycles. The molecule has 0 amide bonds. The fourth-order valence-corrected chi connectivity index (χ4v) is 1.38. The molecule has 84 valence electrons. The quantitative estimate of drug-likeness (QED) is 0.803. The molecule has 0 fully saturated rings. The highest BCUT2D eigenvalue weighted by molar-refractivity contribution is 6.31. The highest BCUT2D eigenvalue weighted by atomic mass is 35.5. The smallest absolute Gasteiger partial charge is 0.125 e. The van der Waals surface area contributed by atoms with Crippen molar-refractivity contribution in [3.05, 3.63) is 22.7 Å². The molecule has 0 spiro atoms. The van der Waals surface area contributed by atoms with Crippen molar-refractivity contribution in [1.29, 1.82) is 0 Å². The Labute approximate surface area is 95.8 Å². The van der Waals surface area contributed by atoms with E-state index in [-0.39, 0.29) is 0 Å². The minimum atomic E-state index is 0.630. The Morgan fingerprint density at radius 3 is 2.67 bits per heavy atom. The van der Waals surface area contributed by atoms with Crippen LogP contribution in [0.1, 0.15) is 5.56 Å². The fraction of sp³-hybridized carbons (Fsp3) is 0.455. The molecule has 0 saturated heterocycles. The lowest BCUT2D eigenvalue weighted by Gasteiger charge is -2.13. The Morgan fingerprint density at radius 1 is 1.40 bits per heavy atom. The molecule has 15 heavy (non-hydrogen) atoms. The molecule has 0 atom stereocenters. The van der Waals surface area contributed by atoms with E-state index in [9.17, 15) is 0 Å². The van der Waals surface area contributed by atoms with Gasteiger partial charge < -0.3 is 15.4 Å². The van der Waals surface area contributed by atoms with Gasteiger partial charge in [0.15, 0.2) is 0 Å². The summed E-state index contributed by atoms with van der Waals surface area (Å²) in [4.78, 5) is 2.06. The SMILES string of the molecule is Cc1c(Cl)cc(N)cc1OCCN(C)C. The van der Waals surface area contributed by atoms with E-state index in [1.165, 1.54) is 0 Å². The highest BCUT2D eigenvalue weighted by Gasteiger charge is 2.05. The Bertz CT molecular complexity index is 340. The van der Waals surface area contributed by atoms with Crippen LogP contribution in [0, 0.1) is 6.92 Å². The van der Waals surface area contributed by atoms with Gasteiger partial charge in [0, 0.05) is 28.9 Å². The zero-order valence-electron chi connectivity index (χ0n) is 9.38. The average molecular weight is 229 g/mol. The topological polar surface area (TPSA) is 38.5 Å². The van der Waals surface area contributed by atoms with Crippen molar-refractivity contribution in [3.8, 4) is 5.75 Å². The number of nitrogens with two attached hydrogens (primary N) is 1. The summed E-state index contributed by atoms with van der Waals surface area (Å²) in [6.07, 6.45) is 0. The summed E-state index contributed by atoms with van der Waals surface area (Å²) in [6.45, 7) is 3.42. The predicted molar refractivity (Wildman–Crippen MR) is 64.7 cm³/mol. The third kappa shape index (κ3) is 3.61. The summed E-state index contributed by atoms with van der Waals surface area (Å²) in [5.74, 6) is 0.766. The van der Waals surface area contributed by atoms with Crippen LogP contribution in [-0.2, 0) is 0 Å². The molecule has 4 heteroatoms. The van der Waals surface area contributed by atoms with E-state index >= 15 is 0 Å². The van der Waals surface area contributed by atoms with Crippen LogP contribution in [0.15, 0.2) is 12.1 Å². The summed E-state index contributed by atoms with van der Waals surface area (Å²) in [7, 11) is 4.01. The molecule has 0 radical (unpaired) electrons. The Balaban J connectivity index is 2.68. The number of nitrogen functional groups attached to an aromatic ring is 1. The van der Waals surface area contributed by atoms with Crippen molar-refractivity contribution < 1.29 is 4.74 Å². The van der Waals surface area contributed by atoms with Gasteiger partial charge in [-0.05, 0) is 27.1 Å². The van der Waals surface area contributed by atoms with Crippen LogP contribution in [-0.4, -0.2) is 32.1 Å². The maximum atomic E-state index is 5.99. The van der Waals surface area contributed by atoms with Crippen molar-refractivity contribution in [3.63, 3.8) is 0 Å². The van der Waals surface area contributed by atoms with E-state index in [1.807, 2.05) is 21.0 Å². The molecule has 1 rings (SSSR count). The number of nitrogens with zero attached hydrogens (tertiary/aromatic N) is 1. The first-order valence-corrected chi connectivity index (χ1v) is 5.21. The molecule has 1 aromatic carbocycles. The van der Waals surface area contributed by atoms with E-state index in [4.69, 9.17) is 22.1 Å². The Hall–Kier alpha value is -0.930. The first-order chi connectivity index (χ1) is 7.00. The van der Waals surface area contributed by atoms with Gasteiger partial charge in [0.25, 0.3) is 0 Å². The van der Waals surface area contributed by atoms with Gasteiger partial charge in [-0.25, -0.2) is 0 Å². The van der Waals surface area contributed by atoms with Gasteiger partial charge in [0.05, 0.1) is 0 Å². The third-order valence-corrected chi connectivity index (χ3v) is 2.51. The third-order valence-electron chi connectivity index (χ3n) is 2.12. The molecule has 0 saturated carbocycles. The molecular weight excluding hydrogens is 212 g/mol. The van der Waals surface area contributed by atoms with Gasteiger partial charge in [-0.2, -0.15) is 0 Å². The maximum absolute atomic E-state index is 5.99. The van der Waals surface area contributed by atoms with Gasteiger partial charge in [-0.3, -0.25) is 0 Å². The van der Waals surface area contributed by atoms with Crippen molar-refractivity contribution in [1.82, 2.24) is 4.90 Å². The average Bonchev–Trinajstić information content (AvgIpc) is 2.12. The lowest BCUT2D eigenvalue weighted by molar-refractivity contribution is 0.260. The molecule has 0 aromatic heterocycles. The van der Waals surface area contributed by atoms with E-state index < -0.39 is 0 Å².